The Balaban J connectivity index is 1.72. The Kier molecular flexibility index (Phi) is 5.41. The third-order valence-electron chi connectivity index (χ3n) is 5.16. The number of piperidine rings is 1. The van der Waals surface area contributed by atoms with E-state index < -0.39 is 15.6 Å². The molecule has 3 heterocycles. The fraction of sp³-hybridized carbons (Fsp3) is 0.348. The average Bonchev–Trinajstić information content (AvgIpc) is 3.17. The van der Waals surface area contributed by atoms with Crippen molar-refractivity contribution in [2.45, 2.75) is 43.6 Å². The molecule has 6 nitrogen and oxygen atoms in total. The van der Waals surface area contributed by atoms with E-state index in [1.165, 1.54) is 0 Å². The minimum absolute atomic E-state index is 0.312. The Morgan fingerprint density at radius 3 is 2.43 bits per heavy atom. The van der Waals surface area contributed by atoms with Gasteiger partial charge in [-0.3, -0.25) is 0 Å². The number of benzene rings is 1. The summed E-state index contributed by atoms with van der Waals surface area (Å²) >= 11 is 0. The van der Waals surface area contributed by atoms with Gasteiger partial charge in [-0.2, -0.15) is 9.40 Å². The molecule has 0 bridgehead atoms. The van der Waals surface area contributed by atoms with Crippen molar-refractivity contribution in [3.05, 3.63) is 54.4 Å². The standard InChI is InChI=1S/C23H25N3O3S/c1-23(2,27)13-12-19-7-6-16-26-22(19)21(17-24-26)18-8-10-20(11-9-18)30(28,29)25-14-4-3-5-15-25/h6-11,16-17,27H,3-5,14-15H2,1-2H3. The van der Waals surface area contributed by atoms with Crippen LogP contribution >= 0.6 is 0 Å². The van der Waals surface area contributed by atoms with Gasteiger partial charge in [0.2, 0.25) is 10.0 Å². The maximum absolute atomic E-state index is 12.9. The predicted molar refractivity (Wildman–Crippen MR) is 116 cm³/mol. The van der Waals surface area contributed by atoms with Crippen molar-refractivity contribution in [1.29, 1.82) is 0 Å². The molecule has 1 saturated heterocycles. The van der Waals surface area contributed by atoms with Crippen LogP contribution in [0, 0.1) is 11.8 Å². The summed E-state index contributed by atoms with van der Waals surface area (Å²) in [7, 11) is -3.46. The smallest absolute Gasteiger partial charge is 0.243 e. The van der Waals surface area contributed by atoms with Crippen molar-refractivity contribution in [3.63, 3.8) is 0 Å². The van der Waals surface area contributed by atoms with Crippen molar-refractivity contribution in [1.82, 2.24) is 13.9 Å². The minimum Gasteiger partial charge on any atom is -0.378 e. The Bertz CT molecular complexity index is 1220. The van der Waals surface area contributed by atoms with Gasteiger partial charge in [0.1, 0.15) is 5.60 Å². The second-order valence-corrected chi connectivity index (χ2v) is 10.0. The van der Waals surface area contributed by atoms with Gasteiger partial charge in [0.15, 0.2) is 0 Å². The molecule has 0 amide bonds. The van der Waals surface area contributed by atoms with Crippen LogP contribution < -0.4 is 0 Å². The van der Waals surface area contributed by atoms with Crippen LogP contribution in [0.4, 0.5) is 0 Å². The van der Waals surface area contributed by atoms with E-state index in [1.807, 2.05) is 30.5 Å². The number of rotatable bonds is 3. The molecule has 1 N–H and O–H groups in total. The number of aromatic nitrogens is 2. The summed E-state index contributed by atoms with van der Waals surface area (Å²) in [5.74, 6) is 5.88. The Hall–Kier alpha value is -2.66. The number of aliphatic hydroxyl groups is 1. The highest BCUT2D eigenvalue weighted by Gasteiger charge is 2.25. The lowest BCUT2D eigenvalue weighted by Gasteiger charge is -2.25. The number of hydrogen-bond donors (Lipinski definition) is 1. The van der Waals surface area contributed by atoms with E-state index in [-0.39, 0.29) is 0 Å². The monoisotopic (exact) mass is 423 g/mol. The number of hydrogen-bond acceptors (Lipinski definition) is 4. The van der Waals surface area contributed by atoms with Crippen molar-refractivity contribution in [2.75, 3.05) is 13.1 Å². The lowest BCUT2D eigenvalue weighted by Crippen LogP contribution is -2.35. The third kappa shape index (κ3) is 4.12. The van der Waals surface area contributed by atoms with Crippen LogP contribution in [-0.4, -0.2) is 46.1 Å². The van der Waals surface area contributed by atoms with E-state index in [1.54, 1.807) is 41.0 Å². The van der Waals surface area contributed by atoms with Crippen LogP contribution in [0.25, 0.3) is 16.6 Å². The summed E-state index contributed by atoms with van der Waals surface area (Å²) in [5, 5.41) is 14.3. The normalized spacial score (nSPS) is 15.7. The summed E-state index contributed by atoms with van der Waals surface area (Å²) < 4.78 is 29.1. The van der Waals surface area contributed by atoms with E-state index in [4.69, 9.17) is 0 Å². The topological polar surface area (TPSA) is 74.9 Å². The molecule has 1 fully saturated rings. The zero-order chi connectivity index (χ0) is 21.4. The summed E-state index contributed by atoms with van der Waals surface area (Å²) in [6, 6.07) is 10.7. The van der Waals surface area contributed by atoms with Gasteiger partial charge < -0.3 is 5.11 Å². The number of pyridine rings is 1. The van der Waals surface area contributed by atoms with Crippen LogP contribution in [-0.2, 0) is 10.0 Å². The van der Waals surface area contributed by atoms with Crippen LogP contribution in [0.15, 0.2) is 53.7 Å². The first-order chi connectivity index (χ1) is 14.3. The maximum Gasteiger partial charge on any atom is 0.243 e. The van der Waals surface area contributed by atoms with Crippen LogP contribution in [0.1, 0.15) is 38.7 Å². The molecular weight excluding hydrogens is 398 g/mol. The molecule has 0 aliphatic carbocycles. The minimum atomic E-state index is -3.46. The zero-order valence-corrected chi connectivity index (χ0v) is 18.0. The molecule has 0 unspecified atom stereocenters. The largest absolute Gasteiger partial charge is 0.378 e. The second-order valence-electron chi connectivity index (χ2n) is 8.07. The van der Waals surface area contributed by atoms with Crippen LogP contribution in [0.2, 0.25) is 0 Å². The van der Waals surface area contributed by atoms with Crippen molar-refractivity contribution in [2.24, 2.45) is 0 Å². The Labute approximate surface area is 177 Å². The molecule has 0 saturated carbocycles. The first kappa shape index (κ1) is 20.6. The van der Waals surface area contributed by atoms with E-state index in [9.17, 15) is 13.5 Å². The molecule has 1 aromatic carbocycles. The summed E-state index contributed by atoms with van der Waals surface area (Å²) in [4.78, 5) is 0.312. The van der Waals surface area contributed by atoms with E-state index >= 15 is 0 Å². The summed E-state index contributed by atoms with van der Waals surface area (Å²) in [6.07, 6.45) is 6.49. The molecule has 0 radical (unpaired) electrons. The molecular formula is C23H25N3O3S. The van der Waals surface area contributed by atoms with Gasteiger partial charge in [-0.1, -0.05) is 30.4 Å². The van der Waals surface area contributed by atoms with Crippen molar-refractivity contribution < 1.29 is 13.5 Å². The van der Waals surface area contributed by atoms with E-state index in [0.29, 0.717) is 18.0 Å². The van der Waals surface area contributed by atoms with Crippen molar-refractivity contribution in [3.8, 4) is 23.0 Å². The highest BCUT2D eigenvalue weighted by molar-refractivity contribution is 7.89. The van der Waals surface area contributed by atoms with Gasteiger partial charge in [-0.25, -0.2) is 12.9 Å². The second kappa shape index (κ2) is 7.88. The number of sulfonamides is 1. The molecule has 2 aromatic heterocycles. The molecule has 1 aliphatic rings. The van der Waals surface area contributed by atoms with Gasteiger partial charge in [-0.05, 0) is 56.5 Å². The van der Waals surface area contributed by atoms with Crippen LogP contribution in [0.3, 0.4) is 0 Å². The fourth-order valence-electron chi connectivity index (χ4n) is 3.64. The van der Waals surface area contributed by atoms with E-state index in [2.05, 4.69) is 16.9 Å². The van der Waals surface area contributed by atoms with Gasteiger partial charge in [0.25, 0.3) is 0 Å². The number of nitrogens with zero attached hydrogens (tertiary/aromatic N) is 3. The highest BCUT2D eigenvalue weighted by atomic mass is 32.2. The lowest BCUT2D eigenvalue weighted by atomic mass is 10.0. The predicted octanol–water partition coefficient (Wildman–Crippen LogP) is 3.30. The SMILES string of the molecule is CC(C)(O)C#Cc1cccn2ncc(-c3ccc(S(=O)(=O)N4CCCCC4)cc3)c12. The molecule has 1 aliphatic heterocycles. The lowest BCUT2D eigenvalue weighted by molar-refractivity contribution is 0.143. The zero-order valence-electron chi connectivity index (χ0n) is 17.2. The highest BCUT2D eigenvalue weighted by Crippen LogP contribution is 2.29. The fourth-order valence-corrected chi connectivity index (χ4v) is 5.15. The average molecular weight is 424 g/mol. The van der Waals surface area contributed by atoms with E-state index in [0.717, 1.165) is 41.5 Å². The quantitative estimate of drug-likeness (QED) is 0.656. The first-order valence-electron chi connectivity index (χ1n) is 10.1. The molecule has 0 atom stereocenters. The Morgan fingerprint density at radius 2 is 1.77 bits per heavy atom. The van der Waals surface area contributed by atoms with Gasteiger partial charge >= 0.3 is 0 Å². The molecule has 0 spiro atoms. The Morgan fingerprint density at radius 1 is 1.07 bits per heavy atom. The molecule has 4 rings (SSSR count). The summed E-state index contributed by atoms with van der Waals surface area (Å²) in [6.45, 7) is 4.45. The van der Waals surface area contributed by atoms with Crippen molar-refractivity contribution >= 4 is 15.5 Å². The van der Waals surface area contributed by atoms with Gasteiger partial charge in [-0.15, -0.1) is 0 Å². The molecule has 156 valence electrons. The van der Waals surface area contributed by atoms with Crippen LogP contribution in [0.5, 0.6) is 0 Å². The first-order valence-corrected chi connectivity index (χ1v) is 11.5. The van der Waals surface area contributed by atoms with Gasteiger partial charge in [0.05, 0.1) is 22.2 Å². The summed E-state index contributed by atoms with van der Waals surface area (Å²) in [5.41, 5.74) is 2.19. The molecule has 7 heteroatoms. The third-order valence-corrected chi connectivity index (χ3v) is 7.07. The molecule has 30 heavy (non-hydrogen) atoms. The molecule has 3 aromatic rings. The van der Waals surface area contributed by atoms with Gasteiger partial charge in [0, 0.05) is 24.8 Å². The number of fused-ring (bicyclic) bond motifs is 1. The maximum atomic E-state index is 12.9.